The molecule has 6 aliphatic rings. The molecule has 6 aliphatic carbocycles. The van der Waals surface area contributed by atoms with Gasteiger partial charge in [0.1, 0.15) is 0 Å². The summed E-state index contributed by atoms with van der Waals surface area (Å²) < 4.78 is 3.55. The van der Waals surface area contributed by atoms with E-state index in [-0.39, 0.29) is 24.8 Å². The summed E-state index contributed by atoms with van der Waals surface area (Å²) in [6, 6.07) is 16.2. The van der Waals surface area contributed by atoms with Crippen molar-refractivity contribution in [2.24, 2.45) is 29.1 Å². The van der Waals surface area contributed by atoms with Crippen LogP contribution in [0.1, 0.15) is 56.6 Å². The Balaban J connectivity index is 0.00000108. The molecule has 4 saturated carbocycles. The molecule has 0 amide bonds. The topological polar surface area (TPSA) is 0 Å². The molecule has 0 aliphatic heterocycles. The average Bonchev–Trinajstić information content (AvgIpc) is 3.29. The van der Waals surface area contributed by atoms with Crippen molar-refractivity contribution in [3.05, 3.63) is 74.6 Å². The first-order valence-corrected chi connectivity index (χ1v) is 14.5. The molecule has 4 bridgehead atoms. The summed E-state index contributed by atoms with van der Waals surface area (Å²) in [5, 5.41) is 0. The minimum Gasteiger partial charge on any atom is -1.00 e. The van der Waals surface area contributed by atoms with E-state index in [0.29, 0.717) is 11.3 Å². The van der Waals surface area contributed by atoms with Gasteiger partial charge in [0, 0.05) is 0 Å². The second-order valence-electron chi connectivity index (χ2n) is 11.0. The standard InChI is InChI=1S/C16H21.C13H9.2ClH.Zr/c1-11-2-3-15(4-11)16-8-12-5-13(9-16)7-14(6-12)10-16;1-3-7-12-10(5-1)9-11-6-2-4-8-13(11)12;;;/h3-4,11-14H,5-10H2,1H3;1-5,7-8H,9H2;2*1H;/q;;;;+2/p-2. The summed E-state index contributed by atoms with van der Waals surface area (Å²) in [5.74, 6) is 3.81. The van der Waals surface area contributed by atoms with E-state index >= 15 is 0 Å². The maximum Gasteiger partial charge on any atom is -1.00 e. The summed E-state index contributed by atoms with van der Waals surface area (Å²) in [6.45, 7) is 2.48. The molecule has 0 spiro atoms. The second kappa shape index (κ2) is 8.55. The van der Waals surface area contributed by atoms with Crippen LogP contribution in [0, 0.1) is 29.1 Å². The van der Waals surface area contributed by atoms with Crippen molar-refractivity contribution >= 4 is 3.27 Å². The monoisotopic (exact) mass is 538 g/mol. The molecule has 0 aromatic heterocycles. The molecule has 164 valence electrons. The van der Waals surface area contributed by atoms with Crippen LogP contribution in [0.3, 0.4) is 0 Å². The van der Waals surface area contributed by atoms with Gasteiger partial charge in [0.25, 0.3) is 0 Å². The smallest absolute Gasteiger partial charge is 1.00 e. The molecular formula is C29H30Cl2Zr. The Hall–Kier alpha value is -0.617. The fourth-order valence-corrected chi connectivity index (χ4v) is 11.5. The quantitative estimate of drug-likeness (QED) is 0.458. The average molecular weight is 541 g/mol. The van der Waals surface area contributed by atoms with Crippen molar-refractivity contribution in [3.8, 4) is 11.1 Å². The Morgan fingerprint density at radius 2 is 1.47 bits per heavy atom. The van der Waals surface area contributed by atoms with Crippen LogP contribution < -0.4 is 28.1 Å². The number of halogens is 2. The molecule has 1 unspecified atom stereocenters. The number of fused-ring (bicyclic) bond motifs is 3. The van der Waals surface area contributed by atoms with Gasteiger partial charge in [-0.1, -0.05) is 0 Å². The molecule has 0 radical (unpaired) electrons. The predicted octanol–water partition coefficient (Wildman–Crippen LogP) is 0.650. The van der Waals surface area contributed by atoms with E-state index in [4.69, 9.17) is 0 Å². The zero-order chi connectivity index (χ0) is 19.9. The maximum absolute atomic E-state index is 2.74. The van der Waals surface area contributed by atoms with Crippen molar-refractivity contribution in [3.63, 3.8) is 0 Å². The van der Waals surface area contributed by atoms with E-state index in [0.717, 1.165) is 24.2 Å². The Labute approximate surface area is 216 Å². The predicted molar refractivity (Wildman–Crippen MR) is 120 cm³/mol. The summed E-state index contributed by atoms with van der Waals surface area (Å²) in [6.07, 6.45) is 15.8. The fraction of sp³-hybridized carbons (Fsp3) is 0.448. The molecule has 2 aromatic carbocycles. The van der Waals surface area contributed by atoms with Crippen molar-refractivity contribution in [1.82, 2.24) is 0 Å². The zero-order valence-electron chi connectivity index (χ0n) is 18.7. The van der Waals surface area contributed by atoms with Crippen molar-refractivity contribution in [1.29, 1.82) is 0 Å². The third kappa shape index (κ3) is 3.57. The Morgan fingerprint density at radius 1 is 0.812 bits per heavy atom. The fourth-order valence-electron chi connectivity index (χ4n) is 8.08. The van der Waals surface area contributed by atoms with Gasteiger partial charge >= 0.3 is 193 Å². The van der Waals surface area contributed by atoms with Crippen LogP contribution in [0.15, 0.2) is 63.5 Å². The molecule has 4 fully saturated rings. The second-order valence-corrected chi connectivity index (χ2v) is 14.4. The van der Waals surface area contributed by atoms with Crippen molar-refractivity contribution in [2.75, 3.05) is 0 Å². The first kappa shape index (κ1) is 23.1. The number of benzene rings is 2. The number of hydrogen-bond acceptors (Lipinski definition) is 0. The minimum absolute atomic E-state index is 0. The van der Waals surface area contributed by atoms with Gasteiger partial charge in [0.2, 0.25) is 0 Å². The van der Waals surface area contributed by atoms with Gasteiger partial charge in [-0.25, -0.2) is 0 Å². The Bertz CT molecular complexity index is 1080. The van der Waals surface area contributed by atoms with Crippen LogP contribution in [0.4, 0.5) is 0 Å². The molecule has 0 nitrogen and oxygen atoms in total. The van der Waals surface area contributed by atoms with E-state index < -0.39 is 23.2 Å². The molecule has 32 heavy (non-hydrogen) atoms. The molecule has 3 heteroatoms. The van der Waals surface area contributed by atoms with Crippen LogP contribution in [-0.2, 0) is 29.7 Å². The number of allylic oxidation sites excluding steroid dienone is 4. The van der Waals surface area contributed by atoms with Crippen molar-refractivity contribution in [2.45, 2.75) is 51.9 Å². The summed E-state index contributed by atoms with van der Waals surface area (Å²) in [7, 11) is 0. The molecule has 0 heterocycles. The molecular weight excluding hydrogens is 510 g/mol. The van der Waals surface area contributed by atoms with Crippen LogP contribution in [0.2, 0.25) is 0 Å². The third-order valence-electron chi connectivity index (χ3n) is 9.01. The normalized spacial score (nSPS) is 32.8. The Kier molecular flexibility index (Phi) is 6.18. The van der Waals surface area contributed by atoms with Gasteiger partial charge in [0.15, 0.2) is 0 Å². The van der Waals surface area contributed by atoms with Gasteiger partial charge in [-0.2, -0.15) is 0 Å². The SMILES string of the molecule is CC1C=C(C23CC4CC(CC(C4)C2)C3)C=[C]1[Zr+2][c]1cccc2c1Cc1ccccc1-2.[Cl-].[Cl-]. The van der Waals surface area contributed by atoms with Crippen LogP contribution in [0.5, 0.6) is 0 Å². The van der Waals surface area contributed by atoms with Gasteiger partial charge in [0.05, 0.1) is 0 Å². The number of hydrogen-bond donors (Lipinski definition) is 0. The molecule has 2 aromatic rings. The molecule has 0 saturated heterocycles. The zero-order valence-corrected chi connectivity index (χ0v) is 22.7. The summed E-state index contributed by atoms with van der Waals surface area (Å²) in [5.41, 5.74) is 8.53. The van der Waals surface area contributed by atoms with Crippen molar-refractivity contribution < 1.29 is 48.0 Å². The summed E-state index contributed by atoms with van der Waals surface area (Å²) >= 11 is -0.752. The molecule has 0 N–H and O–H groups in total. The maximum atomic E-state index is 2.74. The van der Waals surface area contributed by atoms with Gasteiger partial charge in [-0.3, -0.25) is 0 Å². The minimum atomic E-state index is -0.752. The van der Waals surface area contributed by atoms with Crippen LogP contribution >= 0.6 is 0 Å². The summed E-state index contributed by atoms with van der Waals surface area (Å²) in [4.78, 5) is 0. The van der Waals surface area contributed by atoms with Gasteiger partial charge in [-0.15, -0.1) is 0 Å². The van der Waals surface area contributed by atoms with E-state index in [1.807, 2.05) is 3.28 Å². The number of rotatable bonds is 3. The molecule has 1 atom stereocenters. The molecule has 8 rings (SSSR count). The van der Waals surface area contributed by atoms with Crippen LogP contribution in [0.25, 0.3) is 11.1 Å². The first-order chi connectivity index (χ1) is 14.7. The largest absolute Gasteiger partial charge is 1.00 e. The first-order valence-electron chi connectivity index (χ1n) is 12.1. The van der Waals surface area contributed by atoms with E-state index in [2.05, 4.69) is 61.5 Å². The van der Waals surface area contributed by atoms with Crippen LogP contribution in [-0.4, -0.2) is 0 Å². The van der Waals surface area contributed by atoms with Gasteiger partial charge in [-0.05, 0) is 0 Å². The van der Waals surface area contributed by atoms with E-state index in [9.17, 15) is 0 Å². The Morgan fingerprint density at radius 3 is 2.19 bits per heavy atom. The van der Waals surface area contributed by atoms with E-state index in [1.165, 1.54) is 36.0 Å². The van der Waals surface area contributed by atoms with Gasteiger partial charge < -0.3 is 24.8 Å². The third-order valence-corrected chi connectivity index (χ3v) is 13.0. The van der Waals surface area contributed by atoms with E-state index in [1.54, 1.807) is 33.7 Å².